The molecule has 1 rings (SSSR count). The van der Waals surface area contributed by atoms with Crippen LogP contribution in [0.5, 0.6) is 0 Å². The fourth-order valence-corrected chi connectivity index (χ4v) is 1.14. The molecule has 1 amide bonds. The van der Waals surface area contributed by atoms with Crippen molar-refractivity contribution in [3.8, 4) is 0 Å². The molecule has 0 radical (unpaired) electrons. The Morgan fingerprint density at radius 2 is 2.24 bits per heavy atom. The number of carboxylic acid groups (broad SMARTS) is 1. The molecule has 0 saturated carbocycles. The number of carbonyl (C=O) groups excluding carboxylic acids is 1. The van der Waals surface area contributed by atoms with Crippen molar-refractivity contribution < 1.29 is 14.7 Å². The number of amides is 1. The van der Waals surface area contributed by atoms with Crippen molar-refractivity contribution >= 4 is 11.9 Å². The standard InChI is InChI=1S/C9H15N5O3/c1-10-3-2-8(15)11-4-5-14-6-7(9(16)17)12-13-14/h6,10H,2-5H2,1H3,(H,11,15)(H,16,17). The minimum absolute atomic E-state index is 0.0575. The normalized spacial score (nSPS) is 10.2. The predicted molar refractivity (Wildman–Crippen MR) is 58.5 cm³/mol. The monoisotopic (exact) mass is 241 g/mol. The number of aromatic nitrogens is 3. The van der Waals surface area contributed by atoms with Crippen molar-refractivity contribution in [2.24, 2.45) is 0 Å². The molecule has 0 fully saturated rings. The highest BCUT2D eigenvalue weighted by Gasteiger charge is 2.07. The van der Waals surface area contributed by atoms with Crippen LogP contribution < -0.4 is 10.6 Å². The van der Waals surface area contributed by atoms with Gasteiger partial charge in [0.2, 0.25) is 5.91 Å². The molecular formula is C9H15N5O3. The first-order valence-corrected chi connectivity index (χ1v) is 5.18. The van der Waals surface area contributed by atoms with Crippen LogP contribution >= 0.6 is 0 Å². The van der Waals surface area contributed by atoms with Crippen LogP contribution in [-0.4, -0.2) is 52.1 Å². The first kappa shape index (κ1) is 13.1. The van der Waals surface area contributed by atoms with Crippen molar-refractivity contribution in [2.75, 3.05) is 20.1 Å². The van der Waals surface area contributed by atoms with Crippen molar-refractivity contribution in [3.63, 3.8) is 0 Å². The summed E-state index contributed by atoms with van der Waals surface area (Å²) in [6.45, 7) is 1.41. The maximum atomic E-state index is 11.2. The number of nitrogens with zero attached hydrogens (tertiary/aromatic N) is 3. The predicted octanol–water partition coefficient (Wildman–Crippen LogP) is -1.30. The van der Waals surface area contributed by atoms with Crippen LogP contribution in [0, 0.1) is 0 Å². The second-order valence-electron chi connectivity index (χ2n) is 3.38. The van der Waals surface area contributed by atoms with Crippen LogP contribution in [0.1, 0.15) is 16.9 Å². The minimum atomic E-state index is -1.12. The van der Waals surface area contributed by atoms with Gasteiger partial charge in [0, 0.05) is 19.5 Å². The smallest absolute Gasteiger partial charge is 0.358 e. The van der Waals surface area contributed by atoms with Crippen molar-refractivity contribution in [1.82, 2.24) is 25.6 Å². The van der Waals surface area contributed by atoms with Gasteiger partial charge < -0.3 is 15.7 Å². The Morgan fingerprint density at radius 3 is 2.82 bits per heavy atom. The van der Waals surface area contributed by atoms with Crippen LogP contribution in [0.2, 0.25) is 0 Å². The summed E-state index contributed by atoms with van der Waals surface area (Å²) in [5.41, 5.74) is -0.105. The molecule has 0 aliphatic carbocycles. The van der Waals surface area contributed by atoms with Gasteiger partial charge in [-0.15, -0.1) is 5.10 Å². The van der Waals surface area contributed by atoms with Gasteiger partial charge in [-0.05, 0) is 7.05 Å². The molecule has 0 bridgehead atoms. The Morgan fingerprint density at radius 1 is 1.47 bits per heavy atom. The molecule has 0 saturated heterocycles. The molecule has 0 aliphatic heterocycles. The van der Waals surface area contributed by atoms with Gasteiger partial charge in [0.1, 0.15) is 0 Å². The van der Waals surface area contributed by atoms with Crippen molar-refractivity contribution in [2.45, 2.75) is 13.0 Å². The van der Waals surface area contributed by atoms with Crippen molar-refractivity contribution in [3.05, 3.63) is 11.9 Å². The molecule has 8 nitrogen and oxygen atoms in total. The molecule has 94 valence electrons. The number of nitrogens with one attached hydrogen (secondary N) is 2. The molecule has 0 unspecified atom stereocenters. The van der Waals surface area contributed by atoms with Crippen LogP contribution in [0.4, 0.5) is 0 Å². The van der Waals surface area contributed by atoms with E-state index >= 15 is 0 Å². The highest BCUT2D eigenvalue weighted by molar-refractivity contribution is 5.84. The van der Waals surface area contributed by atoms with Gasteiger partial charge in [0.05, 0.1) is 12.7 Å². The fourth-order valence-electron chi connectivity index (χ4n) is 1.14. The number of hydrogen-bond acceptors (Lipinski definition) is 5. The summed E-state index contributed by atoms with van der Waals surface area (Å²) in [5, 5.41) is 21.2. The Balaban J connectivity index is 2.26. The van der Waals surface area contributed by atoms with Crippen LogP contribution in [0.15, 0.2) is 6.20 Å². The molecule has 0 spiro atoms. The zero-order chi connectivity index (χ0) is 12.7. The molecule has 0 aliphatic rings. The molecule has 0 aromatic carbocycles. The van der Waals surface area contributed by atoms with E-state index in [9.17, 15) is 9.59 Å². The number of carbonyl (C=O) groups is 2. The Labute approximate surface area is 98.0 Å². The van der Waals surface area contributed by atoms with E-state index in [0.29, 0.717) is 26.1 Å². The molecule has 17 heavy (non-hydrogen) atoms. The third-order valence-corrected chi connectivity index (χ3v) is 2.02. The quantitative estimate of drug-likeness (QED) is 0.547. The SMILES string of the molecule is CNCCC(=O)NCCn1cc(C(=O)O)nn1. The van der Waals surface area contributed by atoms with E-state index in [0.717, 1.165) is 0 Å². The van der Waals surface area contributed by atoms with Gasteiger partial charge in [0.15, 0.2) is 5.69 Å². The first-order chi connectivity index (χ1) is 8.13. The van der Waals surface area contributed by atoms with Crippen LogP contribution in [0.3, 0.4) is 0 Å². The maximum Gasteiger partial charge on any atom is 0.358 e. The Hall–Kier alpha value is -1.96. The van der Waals surface area contributed by atoms with E-state index in [4.69, 9.17) is 5.11 Å². The fraction of sp³-hybridized carbons (Fsp3) is 0.556. The molecule has 1 heterocycles. The highest BCUT2D eigenvalue weighted by Crippen LogP contribution is 1.91. The average molecular weight is 241 g/mol. The van der Waals surface area contributed by atoms with E-state index < -0.39 is 5.97 Å². The lowest BCUT2D eigenvalue weighted by Gasteiger charge is -2.04. The summed E-state index contributed by atoms with van der Waals surface area (Å²) in [6.07, 6.45) is 1.73. The highest BCUT2D eigenvalue weighted by atomic mass is 16.4. The van der Waals surface area contributed by atoms with Crippen molar-refractivity contribution in [1.29, 1.82) is 0 Å². The summed E-state index contributed by atoms with van der Waals surface area (Å²) in [4.78, 5) is 21.7. The van der Waals surface area contributed by atoms with Gasteiger partial charge in [0.25, 0.3) is 0 Å². The second-order valence-corrected chi connectivity index (χ2v) is 3.38. The number of hydrogen-bond donors (Lipinski definition) is 3. The lowest BCUT2D eigenvalue weighted by Crippen LogP contribution is -2.29. The van der Waals surface area contributed by atoms with E-state index in [1.54, 1.807) is 7.05 Å². The van der Waals surface area contributed by atoms with Crippen LogP contribution in [-0.2, 0) is 11.3 Å². The number of aromatic carboxylic acids is 1. The Bertz CT molecular complexity index is 390. The van der Waals surface area contributed by atoms with E-state index in [1.807, 2.05) is 0 Å². The molecule has 3 N–H and O–H groups in total. The van der Waals surface area contributed by atoms with Gasteiger partial charge in [-0.1, -0.05) is 5.21 Å². The minimum Gasteiger partial charge on any atom is -0.476 e. The van der Waals surface area contributed by atoms with E-state index in [2.05, 4.69) is 20.9 Å². The van der Waals surface area contributed by atoms with Gasteiger partial charge >= 0.3 is 5.97 Å². The molecule has 0 atom stereocenters. The summed E-state index contributed by atoms with van der Waals surface area (Å²) in [7, 11) is 1.77. The average Bonchev–Trinajstić information content (AvgIpc) is 2.75. The molecule has 1 aromatic rings. The Kier molecular flexibility index (Phi) is 5.08. The summed E-state index contributed by atoms with van der Waals surface area (Å²) in [5.74, 6) is -1.17. The summed E-state index contributed by atoms with van der Waals surface area (Å²) < 4.78 is 1.38. The zero-order valence-electron chi connectivity index (χ0n) is 9.51. The van der Waals surface area contributed by atoms with E-state index in [1.165, 1.54) is 10.9 Å². The molecule has 8 heteroatoms. The first-order valence-electron chi connectivity index (χ1n) is 5.18. The van der Waals surface area contributed by atoms with Gasteiger partial charge in [-0.2, -0.15) is 0 Å². The lowest BCUT2D eigenvalue weighted by molar-refractivity contribution is -0.121. The molecular weight excluding hydrogens is 226 g/mol. The lowest BCUT2D eigenvalue weighted by atomic mass is 10.4. The third kappa shape index (κ3) is 4.60. The topological polar surface area (TPSA) is 109 Å². The zero-order valence-corrected chi connectivity index (χ0v) is 9.51. The third-order valence-electron chi connectivity index (χ3n) is 2.02. The summed E-state index contributed by atoms with van der Waals surface area (Å²) >= 11 is 0. The maximum absolute atomic E-state index is 11.2. The van der Waals surface area contributed by atoms with E-state index in [-0.39, 0.29) is 11.6 Å². The number of rotatable bonds is 7. The second kappa shape index (κ2) is 6.59. The largest absolute Gasteiger partial charge is 0.476 e. The number of carboxylic acids is 1. The van der Waals surface area contributed by atoms with Gasteiger partial charge in [-0.25, -0.2) is 9.48 Å². The van der Waals surface area contributed by atoms with Gasteiger partial charge in [-0.3, -0.25) is 4.79 Å². The van der Waals surface area contributed by atoms with Crippen LogP contribution in [0.25, 0.3) is 0 Å². The summed E-state index contributed by atoms with van der Waals surface area (Å²) in [6, 6.07) is 0. The molecule has 1 aromatic heterocycles.